The first-order valence-corrected chi connectivity index (χ1v) is 14.9. The fourth-order valence-electron chi connectivity index (χ4n) is 4.22. The van der Waals surface area contributed by atoms with Gasteiger partial charge in [0, 0.05) is 35.3 Å². The molecule has 0 aliphatic carbocycles. The van der Waals surface area contributed by atoms with E-state index in [4.69, 9.17) is 0 Å². The summed E-state index contributed by atoms with van der Waals surface area (Å²) in [4.78, 5) is 41.0. The summed E-state index contributed by atoms with van der Waals surface area (Å²) in [5, 5.41) is 60.4. The Morgan fingerprint density at radius 3 is 1.18 bits per heavy atom. The van der Waals surface area contributed by atoms with Crippen molar-refractivity contribution in [2.45, 2.75) is 38.4 Å². The van der Waals surface area contributed by atoms with Crippen molar-refractivity contribution in [3.8, 4) is 11.5 Å². The van der Waals surface area contributed by atoms with Gasteiger partial charge >= 0.3 is 32.3 Å². The molecular formula is C22H34FeN2O12P2+2. The Kier molecular flexibility index (Phi) is 14.2. The van der Waals surface area contributed by atoms with E-state index in [0.29, 0.717) is 0 Å². The molecule has 0 spiro atoms. The van der Waals surface area contributed by atoms with Gasteiger partial charge in [-0.15, -0.1) is 0 Å². The first-order valence-electron chi connectivity index (χ1n) is 11.3. The molecule has 0 saturated carbocycles. The molecule has 2 aromatic carbocycles. The number of rotatable bonds is 15. The van der Waals surface area contributed by atoms with Crippen molar-refractivity contribution in [3.63, 3.8) is 0 Å². The van der Waals surface area contributed by atoms with E-state index in [-0.39, 0.29) is 63.9 Å². The zero-order chi connectivity index (χ0) is 28.7. The van der Waals surface area contributed by atoms with Gasteiger partial charge in [-0.1, -0.05) is 36.4 Å². The van der Waals surface area contributed by atoms with Crippen LogP contribution < -0.4 is 0 Å². The van der Waals surface area contributed by atoms with Crippen LogP contribution in [-0.4, -0.2) is 97.9 Å². The van der Waals surface area contributed by atoms with Gasteiger partial charge in [0.05, 0.1) is 38.5 Å². The van der Waals surface area contributed by atoms with Crippen LogP contribution in [0.5, 0.6) is 11.5 Å². The van der Waals surface area contributed by atoms with E-state index < -0.39 is 66.3 Å². The number of aromatic hydroxyl groups is 2. The van der Waals surface area contributed by atoms with E-state index in [1.807, 2.05) is 0 Å². The quantitative estimate of drug-likeness (QED) is 0.0866. The number of hydrogen-bond donors (Lipinski definition) is 10. The summed E-state index contributed by atoms with van der Waals surface area (Å²) in [5.41, 5.74) is 0.547. The van der Waals surface area contributed by atoms with Crippen molar-refractivity contribution in [1.82, 2.24) is 9.80 Å². The van der Waals surface area contributed by atoms with Crippen molar-refractivity contribution in [2.75, 3.05) is 25.8 Å². The third-order valence-corrected chi connectivity index (χ3v) is 7.45. The number of aliphatic hydroxyl groups excluding tert-OH is 4. The summed E-state index contributed by atoms with van der Waals surface area (Å²) in [6, 6.07) is 6.03. The van der Waals surface area contributed by atoms with Gasteiger partial charge in [0.25, 0.3) is 0 Å². The second-order valence-electron chi connectivity index (χ2n) is 8.77. The third-order valence-electron chi connectivity index (χ3n) is 5.98. The van der Waals surface area contributed by atoms with Crippen molar-refractivity contribution in [1.29, 1.82) is 0 Å². The Balaban J connectivity index is 0.00000760. The summed E-state index contributed by atoms with van der Waals surface area (Å²) in [7, 11) is -9.61. The third kappa shape index (κ3) is 10.5. The normalized spacial score (nSPS) is 13.9. The van der Waals surface area contributed by atoms with Gasteiger partial charge < -0.3 is 50.2 Å². The predicted molar refractivity (Wildman–Crippen MR) is 135 cm³/mol. The molecule has 0 heterocycles. The van der Waals surface area contributed by atoms with Gasteiger partial charge in [0.2, 0.25) is 0 Å². The van der Waals surface area contributed by atoms with Crippen molar-refractivity contribution in [2.24, 2.45) is 0 Å². The molecule has 0 aliphatic rings. The van der Waals surface area contributed by atoms with E-state index in [2.05, 4.69) is 0 Å². The fraction of sp³-hybridized carbons (Fsp3) is 0.455. The molecule has 0 radical (unpaired) electrons. The molecule has 0 bridgehead atoms. The van der Waals surface area contributed by atoms with Crippen LogP contribution in [0.1, 0.15) is 22.3 Å². The average Bonchev–Trinajstić information content (AvgIpc) is 2.82. The summed E-state index contributed by atoms with van der Waals surface area (Å²) in [5.74, 6) is -0.693. The number of para-hydroxylation sites is 2. The SMILES string of the molecule is O=P(O)(O)CN(Cc1cccc(CO)c1O)C(CO)C(CO)N(Cc1cccc(CO)c1O)CP(=O)(O)O.[Fe+2]. The largest absolute Gasteiger partial charge is 2.00 e. The van der Waals surface area contributed by atoms with Gasteiger partial charge in [-0.25, -0.2) is 0 Å². The summed E-state index contributed by atoms with van der Waals surface area (Å²) in [6.45, 7) is -3.44. The van der Waals surface area contributed by atoms with E-state index in [1.54, 1.807) is 0 Å². The minimum absolute atomic E-state index is 0. The molecule has 39 heavy (non-hydrogen) atoms. The number of benzene rings is 2. The summed E-state index contributed by atoms with van der Waals surface area (Å²) in [6.07, 6.45) is -1.90. The number of phenols is 2. The molecule has 0 aromatic heterocycles. The van der Waals surface area contributed by atoms with Crippen LogP contribution in [0, 0.1) is 0 Å². The molecule has 2 aromatic rings. The standard InChI is InChI=1S/C22H34N2O12P2.Fe/c25-9-17-5-1-3-15(21(17)29)7-23(13-37(31,32)33)19(11-27)20(12-28)24(14-38(34,35)36)8-16-4-2-6-18(10-26)22(16)30;/h1-6,19-20,25-30H,7-14H2,(H2,31,32,33)(H2,34,35,36);/q;+2. The molecular weight excluding hydrogens is 602 g/mol. The van der Waals surface area contributed by atoms with Crippen LogP contribution >= 0.6 is 15.2 Å². The first-order chi connectivity index (χ1) is 17.7. The molecule has 0 aliphatic heterocycles. The number of nitrogens with zero attached hydrogens (tertiary/aromatic N) is 2. The van der Waals surface area contributed by atoms with Crippen LogP contribution in [0.2, 0.25) is 0 Å². The molecule has 0 amide bonds. The van der Waals surface area contributed by atoms with Crippen LogP contribution in [0.25, 0.3) is 0 Å². The van der Waals surface area contributed by atoms with Gasteiger partial charge in [0.1, 0.15) is 24.1 Å². The molecule has 2 atom stereocenters. The second kappa shape index (κ2) is 15.6. The minimum atomic E-state index is -4.80. The summed E-state index contributed by atoms with van der Waals surface area (Å²) >= 11 is 0. The second-order valence-corrected chi connectivity index (χ2v) is 12.0. The molecule has 220 valence electrons. The average molecular weight is 636 g/mol. The first kappa shape index (κ1) is 35.6. The Hall–Kier alpha value is -1.38. The van der Waals surface area contributed by atoms with Gasteiger partial charge in [-0.3, -0.25) is 18.9 Å². The molecule has 17 heteroatoms. The zero-order valence-corrected chi connectivity index (χ0v) is 23.6. The van der Waals surface area contributed by atoms with Crippen molar-refractivity contribution < 1.29 is 76.4 Å². The van der Waals surface area contributed by atoms with Gasteiger partial charge in [-0.2, -0.15) is 0 Å². The Morgan fingerprint density at radius 1 is 0.615 bits per heavy atom. The fourth-order valence-corrected chi connectivity index (χ4v) is 5.78. The molecule has 0 fully saturated rings. The molecule has 0 saturated heterocycles. The van der Waals surface area contributed by atoms with E-state index in [1.165, 1.54) is 36.4 Å². The van der Waals surface area contributed by atoms with Gasteiger partial charge in [0.15, 0.2) is 0 Å². The smallest absolute Gasteiger partial charge is 0.507 e. The van der Waals surface area contributed by atoms with Crippen LogP contribution in [-0.2, 0) is 52.5 Å². The summed E-state index contributed by atoms with van der Waals surface area (Å²) < 4.78 is 24.0. The molecule has 2 rings (SSSR count). The zero-order valence-electron chi connectivity index (χ0n) is 20.7. The Labute approximate surface area is 235 Å². The molecule has 14 nitrogen and oxygen atoms in total. The Bertz CT molecular complexity index is 1070. The monoisotopic (exact) mass is 636 g/mol. The Morgan fingerprint density at radius 2 is 0.923 bits per heavy atom. The van der Waals surface area contributed by atoms with Gasteiger partial charge in [-0.05, 0) is 0 Å². The number of aliphatic hydroxyl groups is 4. The van der Waals surface area contributed by atoms with E-state index >= 15 is 0 Å². The van der Waals surface area contributed by atoms with Crippen molar-refractivity contribution in [3.05, 3.63) is 58.7 Å². The van der Waals surface area contributed by atoms with Crippen LogP contribution in [0.15, 0.2) is 36.4 Å². The topological polar surface area (TPSA) is 243 Å². The van der Waals surface area contributed by atoms with E-state index in [0.717, 1.165) is 9.80 Å². The predicted octanol–water partition coefficient (Wildman–Crippen LogP) is -0.624. The number of hydrogen-bond acceptors (Lipinski definition) is 10. The maximum Gasteiger partial charge on any atom is 2.00 e. The van der Waals surface area contributed by atoms with E-state index in [9.17, 15) is 59.3 Å². The molecule has 10 N–H and O–H groups in total. The maximum atomic E-state index is 12.0. The maximum absolute atomic E-state index is 12.0. The minimum Gasteiger partial charge on any atom is -0.507 e. The van der Waals surface area contributed by atoms with Crippen LogP contribution in [0.3, 0.4) is 0 Å². The van der Waals surface area contributed by atoms with Crippen molar-refractivity contribution >= 4 is 15.2 Å². The van der Waals surface area contributed by atoms with Crippen LogP contribution in [0.4, 0.5) is 0 Å². The molecule has 2 unspecified atom stereocenters.